The third-order valence-corrected chi connectivity index (χ3v) is 3.42. The molecule has 0 saturated heterocycles. The van der Waals surface area contributed by atoms with Crippen molar-refractivity contribution in [3.8, 4) is 0 Å². The van der Waals surface area contributed by atoms with E-state index in [9.17, 15) is 4.79 Å². The number of carbonyl (C=O) groups excluding carboxylic acids is 1. The number of aromatic nitrogens is 1. The predicted molar refractivity (Wildman–Crippen MR) is 82.0 cm³/mol. The summed E-state index contributed by atoms with van der Waals surface area (Å²) in [5, 5.41) is 2.23. The van der Waals surface area contributed by atoms with E-state index in [-0.39, 0.29) is 6.10 Å². The van der Waals surface area contributed by atoms with E-state index in [1.165, 1.54) is 0 Å². The summed E-state index contributed by atoms with van der Waals surface area (Å²) in [7, 11) is 0. The van der Waals surface area contributed by atoms with E-state index in [0.29, 0.717) is 5.69 Å². The van der Waals surface area contributed by atoms with E-state index >= 15 is 0 Å². The largest absolute Gasteiger partial charge is 0.453 e. The molecule has 0 aliphatic heterocycles. The third-order valence-electron chi connectivity index (χ3n) is 3.42. The number of benzene rings is 2. The van der Waals surface area contributed by atoms with Gasteiger partial charge in [0.05, 0.1) is 0 Å². The molecule has 0 unspecified atom stereocenters. The molecule has 3 rings (SSSR count). The summed E-state index contributed by atoms with van der Waals surface area (Å²) in [6.07, 6.45) is 1.25. The smallest absolute Gasteiger partial charge is 0.357 e. The van der Waals surface area contributed by atoms with Gasteiger partial charge in [0.1, 0.15) is 11.8 Å². The van der Waals surface area contributed by atoms with Crippen molar-refractivity contribution in [2.75, 3.05) is 0 Å². The Kier molecular flexibility index (Phi) is 3.65. The van der Waals surface area contributed by atoms with Gasteiger partial charge < -0.3 is 4.74 Å². The molecule has 104 valence electrons. The lowest BCUT2D eigenvalue weighted by Crippen LogP contribution is -2.10. The molecule has 2 aromatic carbocycles. The van der Waals surface area contributed by atoms with Crippen molar-refractivity contribution in [3.63, 3.8) is 0 Å². The highest BCUT2D eigenvalue weighted by Crippen LogP contribution is 2.26. The Hall–Kier alpha value is -2.68. The number of pyridine rings is 1. The van der Waals surface area contributed by atoms with Crippen molar-refractivity contribution in [2.45, 2.75) is 13.0 Å². The van der Waals surface area contributed by atoms with E-state index in [4.69, 9.17) is 4.74 Å². The summed E-state index contributed by atoms with van der Waals surface area (Å²) >= 11 is 0. The van der Waals surface area contributed by atoms with Gasteiger partial charge in [-0.15, -0.1) is 0 Å². The molecule has 0 saturated carbocycles. The number of fused-ring (bicyclic) bond motifs is 1. The van der Waals surface area contributed by atoms with E-state index in [1.54, 1.807) is 24.4 Å². The van der Waals surface area contributed by atoms with Crippen molar-refractivity contribution in [2.24, 2.45) is 0 Å². The van der Waals surface area contributed by atoms with Crippen molar-refractivity contribution in [1.29, 1.82) is 0 Å². The van der Waals surface area contributed by atoms with Gasteiger partial charge in [0.25, 0.3) is 0 Å². The minimum atomic E-state index is -0.406. The van der Waals surface area contributed by atoms with Gasteiger partial charge in [-0.2, -0.15) is 0 Å². The molecule has 0 fully saturated rings. The summed E-state index contributed by atoms with van der Waals surface area (Å²) in [5.41, 5.74) is 1.32. The second kappa shape index (κ2) is 5.75. The Morgan fingerprint density at radius 3 is 2.57 bits per heavy atom. The molecular formula is C18H15NO2. The standard InChI is InChI=1S/C18H15NO2/c1-13(21-18(20)17-11-4-5-12-19-17)15-10-6-8-14-7-2-3-9-16(14)15/h2-13H,1H3/t13-/m0/s1. The maximum absolute atomic E-state index is 12.1. The number of rotatable bonds is 3. The van der Waals surface area contributed by atoms with Gasteiger partial charge in [-0.1, -0.05) is 48.5 Å². The topological polar surface area (TPSA) is 39.2 Å². The van der Waals surface area contributed by atoms with Crippen LogP contribution in [0.25, 0.3) is 10.8 Å². The van der Waals surface area contributed by atoms with Gasteiger partial charge in [0, 0.05) is 6.20 Å². The Balaban J connectivity index is 1.88. The van der Waals surface area contributed by atoms with Crippen molar-refractivity contribution < 1.29 is 9.53 Å². The fourth-order valence-electron chi connectivity index (χ4n) is 2.37. The lowest BCUT2D eigenvalue weighted by molar-refractivity contribution is 0.0333. The van der Waals surface area contributed by atoms with Crippen molar-refractivity contribution in [3.05, 3.63) is 78.1 Å². The molecule has 3 aromatic rings. The minimum absolute atomic E-state index is 0.324. The normalized spacial score (nSPS) is 12.0. The first-order valence-corrected chi connectivity index (χ1v) is 6.85. The quantitative estimate of drug-likeness (QED) is 0.675. The number of hydrogen-bond acceptors (Lipinski definition) is 3. The maximum Gasteiger partial charge on any atom is 0.357 e. The maximum atomic E-state index is 12.1. The summed E-state index contributed by atoms with van der Waals surface area (Å²) < 4.78 is 5.53. The first-order valence-electron chi connectivity index (χ1n) is 6.85. The van der Waals surface area contributed by atoms with Gasteiger partial charge in [0.15, 0.2) is 0 Å². The zero-order valence-corrected chi connectivity index (χ0v) is 11.7. The van der Waals surface area contributed by atoms with E-state index in [1.807, 2.05) is 49.4 Å². The molecule has 1 atom stereocenters. The molecule has 21 heavy (non-hydrogen) atoms. The van der Waals surface area contributed by atoms with Gasteiger partial charge in [0.2, 0.25) is 0 Å². The average molecular weight is 277 g/mol. The lowest BCUT2D eigenvalue weighted by Gasteiger charge is -2.15. The molecular weight excluding hydrogens is 262 g/mol. The Morgan fingerprint density at radius 2 is 1.76 bits per heavy atom. The van der Waals surface area contributed by atoms with Crippen LogP contribution in [0.3, 0.4) is 0 Å². The molecule has 0 radical (unpaired) electrons. The van der Waals surface area contributed by atoms with Crippen LogP contribution in [0.4, 0.5) is 0 Å². The SMILES string of the molecule is C[C@H](OC(=O)c1ccccn1)c1cccc2ccccc12. The highest BCUT2D eigenvalue weighted by molar-refractivity contribution is 5.89. The van der Waals surface area contributed by atoms with Crippen LogP contribution < -0.4 is 0 Å². The van der Waals surface area contributed by atoms with Crippen LogP contribution in [0.2, 0.25) is 0 Å². The van der Waals surface area contributed by atoms with Crippen LogP contribution >= 0.6 is 0 Å². The van der Waals surface area contributed by atoms with Gasteiger partial charge in [-0.05, 0) is 35.4 Å². The monoisotopic (exact) mass is 277 g/mol. The molecule has 3 heteroatoms. The van der Waals surface area contributed by atoms with Crippen LogP contribution in [0.5, 0.6) is 0 Å². The second-order valence-corrected chi connectivity index (χ2v) is 4.83. The zero-order chi connectivity index (χ0) is 14.7. The van der Waals surface area contributed by atoms with Crippen LogP contribution in [-0.2, 0) is 4.74 Å². The fourth-order valence-corrected chi connectivity index (χ4v) is 2.37. The van der Waals surface area contributed by atoms with Crippen LogP contribution in [-0.4, -0.2) is 11.0 Å². The Morgan fingerprint density at radius 1 is 1.00 bits per heavy atom. The number of hydrogen-bond donors (Lipinski definition) is 0. The third kappa shape index (κ3) is 2.77. The van der Waals surface area contributed by atoms with E-state index in [2.05, 4.69) is 4.98 Å². The van der Waals surface area contributed by atoms with Crippen molar-refractivity contribution >= 4 is 16.7 Å². The minimum Gasteiger partial charge on any atom is -0.453 e. The summed E-state index contributed by atoms with van der Waals surface area (Å²) in [6.45, 7) is 1.88. The number of carbonyl (C=O) groups is 1. The second-order valence-electron chi connectivity index (χ2n) is 4.83. The predicted octanol–water partition coefficient (Wildman–Crippen LogP) is 4.15. The van der Waals surface area contributed by atoms with Gasteiger partial charge >= 0.3 is 5.97 Å². The number of ether oxygens (including phenoxy) is 1. The molecule has 0 aliphatic carbocycles. The average Bonchev–Trinajstić information content (AvgIpc) is 2.55. The van der Waals surface area contributed by atoms with Crippen LogP contribution in [0.1, 0.15) is 29.1 Å². The fraction of sp³-hybridized carbons (Fsp3) is 0.111. The van der Waals surface area contributed by atoms with E-state index < -0.39 is 5.97 Å². The number of esters is 1. The zero-order valence-electron chi connectivity index (χ0n) is 11.7. The molecule has 3 nitrogen and oxygen atoms in total. The van der Waals surface area contributed by atoms with E-state index in [0.717, 1.165) is 16.3 Å². The first kappa shape index (κ1) is 13.3. The molecule has 0 aliphatic rings. The highest BCUT2D eigenvalue weighted by Gasteiger charge is 2.16. The molecule has 1 aromatic heterocycles. The van der Waals surface area contributed by atoms with Gasteiger partial charge in [-0.3, -0.25) is 0 Å². The Bertz CT molecular complexity index is 763. The summed E-state index contributed by atoms with van der Waals surface area (Å²) in [6, 6.07) is 19.3. The summed E-state index contributed by atoms with van der Waals surface area (Å²) in [5.74, 6) is -0.406. The molecule has 0 bridgehead atoms. The lowest BCUT2D eigenvalue weighted by atomic mass is 10.0. The van der Waals surface area contributed by atoms with Crippen molar-refractivity contribution in [1.82, 2.24) is 4.98 Å². The van der Waals surface area contributed by atoms with Crippen LogP contribution in [0.15, 0.2) is 66.9 Å². The molecule has 0 N–H and O–H groups in total. The van der Waals surface area contributed by atoms with Crippen LogP contribution in [0, 0.1) is 0 Å². The van der Waals surface area contributed by atoms with Gasteiger partial charge in [-0.25, -0.2) is 9.78 Å². The first-order chi connectivity index (χ1) is 10.3. The molecule has 0 spiro atoms. The molecule has 1 heterocycles. The molecule has 0 amide bonds. The number of nitrogens with zero attached hydrogens (tertiary/aromatic N) is 1. The summed E-state index contributed by atoms with van der Waals surface area (Å²) in [4.78, 5) is 16.1. The highest BCUT2D eigenvalue weighted by atomic mass is 16.5. The Labute approximate surface area is 123 Å².